The summed E-state index contributed by atoms with van der Waals surface area (Å²) in [5.74, 6) is 0.171. The summed E-state index contributed by atoms with van der Waals surface area (Å²) in [6.45, 7) is 0. The van der Waals surface area contributed by atoms with Crippen LogP contribution in [0, 0.1) is 11.3 Å². The zero-order valence-electron chi connectivity index (χ0n) is 12.1. The number of fused-ring (bicyclic) bond motifs is 1. The summed E-state index contributed by atoms with van der Waals surface area (Å²) in [5.41, 5.74) is 13.8. The van der Waals surface area contributed by atoms with Crippen LogP contribution >= 0.6 is 27.7 Å². The molecule has 0 bridgehead atoms. The fraction of sp³-hybridized carbons (Fsp3) is 0.133. The number of thioether (sulfide) groups is 1. The third kappa shape index (κ3) is 2.73. The van der Waals surface area contributed by atoms with Gasteiger partial charge in [0.25, 0.3) is 0 Å². The van der Waals surface area contributed by atoms with Crippen LogP contribution in [0.1, 0.15) is 17.0 Å². The molecule has 0 amide bonds. The van der Waals surface area contributed by atoms with Gasteiger partial charge in [-0.05, 0) is 24.0 Å². The SMILES string of the molecule is CSc1nc(N)c2c(n1)OC(N)=C(C#N)[C@@H]2c1ccc(Br)cc1. The molecule has 2 aromatic rings. The maximum Gasteiger partial charge on any atom is 0.231 e. The lowest BCUT2D eigenvalue weighted by molar-refractivity contribution is 0.373. The van der Waals surface area contributed by atoms with Crippen molar-refractivity contribution in [2.24, 2.45) is 5.73 Å². The van der Waals surface area contributed by atoms with Crippen molar-refractivity contribution in [1.82, 2.24) is 9.97 Å². The topological polar surface area (TPSA) is 111 Å². The second kappa shape index (κ2) is 6.10. The van der Waals surface area contributed by atoms with Crippen LogP contribution in [0.4, 0.5) is 5.82 Å². The largest absolute Gasteiger partial charge is 0.422 e. The molecule has 0 fully saturated rings. The molecule has 0 unspecified atom stereocenters. The predicted molar refractivity (Wildman–Crippen MR) is 91.7 cm³/mol. The van der Waals surface area contributed by atoms with Crippen molar-refractivity contribution in [2.45, 2.75) is 11.1 Å². The molecule has 1 aromatic heterocycles. The molecule has 23 heavy (non-hydrogen) atoms. The number of nitriles is 1. The molecular weight excluding hydrogens is 378 g/mol. The fourth-order valence-electron chi connectivity index (χ4n) is 2.44. The highest BCUT2D eigenvalue weighted by molar-refractivity contribution is 9.10. The van der Waals surface area contributed by atoms with Crippen molar-refractivity contribution in [3.05, 3.63) is 51.3 Å². The smallest absolute Gasteiger partial charge is 0.231 e. The molecule has 8 heteroatoms. The van der Waals surface area contributed by atoms with Crippen LogP contribution in [-0.4, -0.2) is 16.2 Å². The third-order valence-corrected chi connectivity index (χ3v) is 4.55. The molecule has 1 aromatic carbocycles. The van der Waals surface area contributed by atoms with Gasteiger partial charge in [-0.1, -0.05) is 39.8 Å². The molecular formula is C15H12BrN5OS. The average molecular weight is 390 g/mol. The van der Waals surface area contributed by atoms with E-state index in [0.717, 1.165) is 10.0 Å². The quantitative estimate of drug-likeness (QED) is 0.599. The molecule has 0 radical (unpaired) electrons. The van der Waals surface area contributed by atoms with E-state index >= 15 is 0 Å². The van der Waals surface area contributed by atoms with Crippen molar-refractivity contribution in [1.29, 1.82) is 5.26 Å². The standard InChI is InChI=1S/C15H12BrN5OS/c1-23-15-20-12(18)11-10(7-2-4-8(16)5-3-7)9(6-17)13(19)22-14(11)21-15/h2-5,10H,19H2,1H3,(H2,18,20,21)/t10-/m0/s1. The van der Waals surface area contributed by atoms with Crippen LogP contribution in [0.15, 0.2) is 45.4 Å². The number of allylic oxidation sites excluding steroid dienone is 1. The highest BCUT2D eigenvalue weighted by atomic mass is 79.9. The van der Waals surface area contributed by atoms with Crippen LogP contribution in [0.2, 0.25) is 0 Å². The molecule has 1 aliphatic rings. The van der Waals surface area contributed by atoms with Crippen LogP contribution < -0.4 is 16.2 Å². The number of hydrogen-bond acceptors (Lipinski definition) is 7. The second-order valence-electron chi connectivity index (χ2n) is 4.79. The molecule has 116 valence electrons. The summed E-state index contributed by atoms with van der Waals surface area (Å²) < 4.78 is 6.45. The summed E-state index contributed by atoms with van der Waals surface area (Å²) in [6.07, 6.45) is 1.84. The van der Waals surface area contributed by atoms with Crippen LogP contribution in [0.3, 0.4) is 0 Å². The first-order valence-electron chi connectivity index (χ1n) is 6.59. The number of benzene rings is 1. The van der Waals surface area contributed by atoms with E-state index in [1.54, 1.807) is 0 Å². The van der Waals surface area contributed by atoms with Crippen LogP contribution in [-0.2, 0) is 0 Å². The Morgan fingerprint density at radius 3 is 2.57 bits per heavy atom. The first-order chi connectivity index (χ1) is 11.0. The minimum atomic E-state index is -0.451. The Kier molecular flexibility index (Phi) is 4.15. The van der Waals surface area contributed by atoms with E-state index in [2.05, 4.69) is 32.0 Å². The van der Waals surface area contributed by atoms with Gasteiger partial charge in [0, 0.05) is 4.47 Å². The Bertz CT molecular complexity index is 844. The number of aromatic nitrogens is 2. The van der Waals surface area contributed by atoms with Gasteiger partial charge in [0.1, 0.15) is 17.5 Å². The Morgan fingerprint density at radius 1 is 1.26 bits per heavy atom. The summed E-state index contributed by atoms with van der Waals surface area (Å²) >= 11 is 4.75. The maximum atomic E-state index is 9.50. The van der Waals surface area contributed by atoms with Crippen molar-refractivity contribution in [3.8, 4) is 11.9 Å². The van der Waals surface area contributed by atoms with Crippen LogP contribution in [0.25, 0.3) is 0 Å². The molecule has 4 N–H and O–H groups in total. The Balaban J connectivity index is 2.25. The number of halogens is 1. The van der Waals surface area contributed by atoms with Gasteiger partial charge in [-0.25, -0.2) is 4.98 Å². The Hall–Kier alpha value is -2.24. The number of ether oxygens (including phenoxy) is 1. The first kappa shape index (κ1) is 15.6. The molecule has 3 rings (SSSR count). The van der Waals surface area contributed by atoms with E-state index in [0.29, 0.717) is 22.2 Å². The lowest BCUT2D eigenvalue weighted by Gasteiger charge is -2.26. The highest BCUT2D eigenvalue weighted by Crippen LogP contribution is 2.44. The minimum Gasteiger partial charge on any atom is -0.422 e. The molecule has 1 atom stereocenters. The Labute approximate surface area is 145 Å². The molecule has 2 heterocycles. The van der Waals surface area contributed by atoms with Gasteiger partial charge in [-0.15, -0.1) is 0 Å². The number of nitrogen functional groups attached to an aromatic ring is 1. The van der Waals surface area contributed by atoms with Crippen LogP contribution in [0.5, 0.6) is 5.88 Å². The van der Waals surface area contributed by atoms with Crippen molar-refractivity contribution < 1.29 is 4.74 Å². The fourth-order valence-corrected chi connectivity index (χ4v) is 3.07. The number of anilines is 1. The molecule has 0 spiro atoms. The third-order valence-electron chi connectivity index (χ3n) is 3.48. The number of rotatable bonds is 2. The van der Waals surface area contributed by atoms with E-state index in [4.69, 9.17) is 16.2 Å². The van der Waals surface area contributed by atoms with Gasteiger partial charge < -0.3 is 16.2 Å². The average Bonchev–Trinajstić information content (AvgIpc) is 2.54. The minimum absolute atomic E-state index is 0.0399. The zero-order chi connectivity index (χ0) is 16.6. The van der Waals surface area contributed by atoms with Crippen molar-refractivity contribution >= 4 is 33.5 Å². The molecule has 6 nitrogen and oxygen atoms in total. The lowest BCUT2D eigenvalue weighted by atomic mass is 9.85. The second-order valence-corrected chi connectivity index (χ2v) is 6.48. The summed E-state index contributed by atoms with van der Waals surface area (Å²) in [6, 6.07) is 9.70. The van der Waals surface area contributed by atoms with E-state index in [1.165, 1.54) is 11.8 Å². The summed E-state index contributed by atoms with van der Waals surface area (Å²) in [5, 5.41) is 9.99. The monoisotopic (exact) mass is 389 g/mol. The van der Waals surface area contributed by atoms with E-state index in [1.807, 2.05) is 30.5 Å². The lowest BCUT2D eigenvalue weighted by Crippen LogP contribution is -2.23. The zero-order valence-corrected chi connectivity index (χ0v) is 14.5. The maximum absolute atomic E-state index is 9.50. The van der Waals surface area contributed by atoms with Gasteiger partial charge in [0.2, 0.25) is 11.8 Å². The van der Waals surface area contributed by atoms with Crippen molar-refractivity contribution in [2.75, 3.05) is 12.0 Å². The predicted octanol–water partition coefficient (Wildman–Crippen LogP) is 2.76. The van der Waals surface area contributed by atoms with Gasteiger partial charge in [-0.3, -0.25) is 0 Å². The van der Waals surface area contributed by atoms with Crippen molar-refractivity contribution in [3.63, 3.8) is 0 Å². The van der Waals surface area contributed by atoms with Gasteiger partial charge in [-0.2, -0.15) is 10.2 Å². The number of hydrogen-bond donors (Lipinski definition) is 2. The normalized spacial score (nSPS) is 16.5. The number of nitrogens with zero attached hydrogens (tertiary/aromatic N) is 3. The van der Waals surface area contributed by atoms with Gasteiger partial charge in [0.05, 0.1) is 11.5 Å². The molecule has 0 saturated carbocycles. The van der Waals surface area contributed by atoms with E-state index < -0.39 is 5.92 Å². The van der Waals surface area contributed by atoms with E-state index in [9.17, 15) is 5.26 Å². The molecule has 1 aliphatic heterocycles. The van der Waals surface area contributed by atoms with Gasteiger partial charge in [0.15, 0.2) is 5.16 Å². The first-order valence-corrected chi connectivity index (χ1v) is 8.61. The molecule has 0 aliphatic carbocycles. The highest BCUT2D eigenvalue weighted by Gasteiger charge is 2.34. The van der Waals surface area contributed by atoms with E-state index in [-0.39, 0.29) is 11.7 Å². The summed E-state index contributed by atoms with van der Waals surface area (Å²) in [7, 11) is 0. The Morgan fingerprint density at radius 2 is 1.96 bits per heavy atom. The summed E-state index contributed by atoms with van der Waals surface area (Å²) in [4.78, 5) is 8.58. The number of nitrogens with two attached hydrogens (primary N) is 2. The van der Waals surface area contributed by atoms with Gasteiger partial charge >= 0.3 is 0 Å². The molecule has 0 saturated heterocycles.